The number of allylic oxidation sites excluding steroid dienone is 1. The second kappa shape index (κ2) is 8.91. The van der Waals surface area contributed by atoms with Gasteiger partial charge in [0.2, 0.25) is 0 Å². The highest BCUT2D eigenvalue weighted by molar-refractivity contribution is 5.97. The number of hydrazone groups is 1. The van der Waals surface area contributed by atoms with Gasteiger partial charge in [0.15, 0.2) is 17.3 Å². The minimum absolute atomic E-state index is 0.0318. The maximum absolute atomic E-state index is 12.3. The predicted molar refractivity (Wildman–Crippen MR) is 111 cm³/mol. The van der Waals surface area contributed by atoms with Crippen molar-refractivity contribution in [1.29, 1.82) is 0 Å². The van der Waals surface area contributed by atoms with Gasteiger partial charge in [0.1, 0.15) is 5.58 Å². The average Bonchev–Trinajstić information content (AvgIpc) is 3.15. The Morgan fingerprint density at radius 2 is 2.17 bits per heavy atom. The Kier molecular flexibility index (Phi) is 6.11. The van der Waals surface area contributed by atoms with Crippen LogP contribution >= 0.6 is 0 Å². The van der Waals surface area contributed by atoms with E-state index >= 15 is 0 Å². The number of rotatable bonds is 8. The summed E-state index contributed by atoms with van der Waals surface area (Å²) in [7, 11) is 0. The van der Waals surface area contributed by atoms with Gasteiger partial charge in [0.25, 0.3) is 5.69 Å². The Hall–Kier alpha value is -4.14. The second-order valence-corrected chi connectivity index (χ2v) is 6.24. The summed E-state index contributed by atoms with van der Waals surface area (Å²) in [5, 5.41) is 25.4. The minimum atomic E-state index is -0.611. The van der Waals surface area contributed by atoms with Gasteiger partial charge in [-0.15, -0.1) is 6.58 Å². The summed E-state index contributed by atoms with van der Waals surface area (Å²) in [6, 6.07) is 8.76. The van der Waals surface area contributed by atoms with Gasteiger partial charge in [0.05, 0.1) is 17.7 Å². The van der Waals surface area contributed by atoms with Crippen LogP contribution in [0.25, 0.3) is 11.0 Å². The number of nitro groups is 1. The van der Waals surface area contributed by atoms with E-state index in [0.29, 0.717) is 40.9 Å². The highest BCUT2D eigenvalue weighted by Gasteiger charge is 2.15. The summed E-state index contributed by atoms with van der Waals surface area (Å²) in [4.78, 5) is 22.6. The maximum atomic E-state index is 12.3. The molecule has 3 rings (SSSR count). The smallest absolute Gasteiger partial charge is 0.307 e. The molecule has 9 nitrogen and oxygen atoms in total. The molecule has 0 radical (unpaired) electrons. The molecule has 2 aromatic carbocycles. The molecule has 154 valence electrons. The van der Waals surface area contributed by atoms with Crippen molar-refractivity contribution < 1.29 is 24.0 Å². The summed E-state index contributed by atoms with van der Waals surface area (Å²) in [6.45, 7) is 5.84. The number of nitrogens with zero attached hydrogens (tertiary/aromatic N) is 2. The number of amides is 1. The Bertz CT molecular complexity index is 1150. The second-order valence-electron chi connectivity index (χ2n) is 6.24. The normalized spacial score (nSPS) is 11.0. The average molecular weight is 409 g/mol. The molecule has 1 aromatic heterocycles. The molecule has 9 heteroatoms. The number of nitrogens with one attached hydrogen (secondary N) is 1. The predicted octanol–water partition coefficient (Wildman–Crippen LogP) is 3.94. The summed E-state index contributed by atoms with van der Waals surface area (Å²) < 4.78 is 10.8. The molecule has 0 spiro atoms. The fraction of sp³-hybridized carbons (Fsp3) is 0.143. The van der Waals surface area contributed by atoms with E-state index in [-0.39, 0.29) is 17.2 Å². The molecule has 1 amide bonds. The van der Waals surface area contributed by atoms with E-state index in [9.17, 15) is 20.0 Å². The van der Waals surface area contributed by atoms with Gasteiger partial charge in [0, 0.05) is 23.1 Å². The molecule has 0 aliphatic rings. The molecular formula is C21H19N3O6. The number of hydrogen-bond donors (Lipinski definition) is 2. The van der Waals surface area contributed by atoms with Gasteiger partial charge in [-0.25, -0.2) is 5.43 Å². The highest BCUT2D eigenvalue weighted by atomic mass is 16.6. The fourth-order valence-electron chi connectivity index (χ4n) is 2.82. The third-order valence-electron chi connectivity index (χ3n) is 4.15. The van der Waals surface area contributed by atoms with Crippen molar-refractivity contribution in [3.63, 3.8) is 0 Å². The number of aromatic hydroxyl groups is 1. The lowest BCUT2D eigenvalue weighted by Crippen LogP contribution is -2.16. The number of ether oxygens (including phenoxy) is 1. The first-order valence-electron chi connectivity index (χ1n) is 9.04. The number of hydrogen-bond acceptors (Lipinski definition) is 7. The highest BCUT2D eigenvalue weighted by Crippen LogP contribution is 2.32. The van der Waals surface area contributed by atoms with Crippen molar-refractivity contribution in [3.8, 4) is 11.5 Å². The van der Waals surface area contributed by atoms with Gasteiger partial charge in [-0.1, -0.05) is 6.08 Å². The van der Waals surface area contributed by atoms with Crippen LogP contribution in [0.5, 0.6) is 11.5 Å². The van der Waals surface area contributed by atoms with Crippen LogP contribution < -0.4 is 10.2 Å². The van der Waals surface area contributed by atoms with Crippen LogP contribution in [0, 0.1) is 10.1 Å². The van der Waals surface area contributed by atoms with E-state index in [1.165, 1.54) is 30.5 Å². The van der Waals surface area contributed by atoms with Crippen LogP contribution in [-0.4, -0.2) is 28.8 Å². The Morgan fingerprint density at radius 1 is 1.37 bits per heavy atom. The number of carbonyl (C=O) groups is 1. The molecule has 1 heterocycles. The third kappa shape index (κ3) is 4.46. The van der Waals surface area contributed by atoms with Gasteiger partial charge in [-0.2, -0.15) is 5.10 Å². The Labute approximate surface area is 171 Å². The van der Waals surface area contributed by atoms with E-state index in [1.807, 2.05) is 0 Å². The lowest BCUT2D eigenvalue weighted by Gasteiger charge is -2.10. The number of carbonyl (C=O) groups excluding carboxylic acids is 1. The summed E-state index contributed by atoms with van der Waals surface area (Å²) in [5.41, 5.74) is 3.82. The molecular weight excluding hydrogens is 390 g/mol. The first kappa shape index (κ1) is 20.6. The molecule has 0 saturated carbocycles. The number of benzene rings is 2. The molecule has 0 fully saturated rings. The van der Waals surface area contributed by atoms with Crippen LogP contribution in [0.2, 0.25) is 0 Å². The van der Waals surface area contributed by atoms with Crippen molar-refractivity contribution in [2.24, 2.45) is 5.10 Å². The van der Waals surface area contributed by atoms with E-state index in [4.69, 9.17) is 9.15 Å². The molecule has 0 aliphatic carbocycles. The zero-order valence-electron chi connectivity index (χ0n) is 16.1. The van der Waals surface area contributed by atoms with E-state index in [0.717, 1.165) is 0 Å². The SMILES string of the molecule is C=CCc1cc(/C=N/NC(=O)c2cc3cc([N+](=O)[O-])ccc3o2)cc(OCC)c1O. The molecule has 0 saturated heterocycles. The molecule has 0 atom stereocenters. The number of furan rings is 1. The van der Waals surface area contributed by atoms with Crippen molar-refractivity contribution in [1.82, 2.24) is 5.43 Å². The van der Waals surface area contributed by atoms with Crippen molar-refractivity contribution in [3.05, 3.63) is 76.1 Å². The van der Waals surface area contributed by atoms with Crippen LogP contribution in [0.3, 0.4) is 0 Å². The third-order valence-corrected chi connectivity index (χ3v) is 4.15. The van der Waals surface area contributed by atoms with Gasteiger partial charge in [-0.05, 0) is 43.2 Å². The number of fused-ring (bicyclic) bond motifs is 1. The number of non-ortho nitro benzene ring substituents is 1. The topological polar surface area (TPSA) is 127 Å². The first-order valence-corrected chi connectivity index (χ1v) is 9.04. The summed E-state index contributed by atoms with van der Waals surface area (Å²) >= 11 is 0. The van der Waals surface area contributed by atoms with Gasteiger partial charge < -0.3 is 14.3 Å². The fourth-order valence-corrected chi connectivity index (χ4v) is 2.82. The number of phenols is 1. The van der Waals surface area contributed by atoms with Crippen molar-refractivity contribution >= 4 is 28.8 Å². The zero-order chi connectivity index (χ0) is 21.7. The van der Waals surface area contributed by atoms with E-state index in [2.05, 4.69) is 17.1 Å². The maximum Gasteiger partial charge on any atom is 0.307 e. The molecule has 2 N–H and O–H groups in total. The lowest BCUT2D eigenvalue weighted by atomic mass is 10.1. The van der Waals surface area contributed by atoms with E-state index < -0.39 is 10.8 Å². The zero-order valence-corrected chi connectivity index (χ0v) is 16.1. The molecule has 0 unspecified atom stereocenters. The van der Waals surface area contributed by atoms with E-state index in [1.54, 1.807) is 25.1 Å². The van der Waals surface area contributed by atoms with Crippen LogP contribution in [-0.2, 0) is 6.42 Å². The molecule has 0 aliphatic heterocycles. The Balaban J connectivity index is 1.77. The van der Waals surface area contributed by atoms with Crippen molar-refractivity contribution in [2.45, 2.75) is 13.3 Å². The van der Waals surface area contributed by atoms with Crippen LogP contribution in [0.1, 0.15) is 28.6 Å². The van der Waals surface area contributed by atoms with Crippen molar-refractivity contribution in [2.75, 3.05) is 6.61 Å². The molecule has 3 aromatic rings. The van der Waals surface area contributed by atoms with Gasteiger partial charge in [-0.3, -0.25) is 14.9 Å². The number of nitro benzene ring substituents is 1. The van der Waals surface area contributed by atoms with Gasteiger partial charge >= 0.3 is 5.91 Å². The monoisotopic (exact) mass is 409 g/mol. The largest absolute Gasteiger partial charge is 0.504 e. The van der Waals surface area contributed by atoms with Crippen LogP contribution in [0.4, 0.5) is 5.69 Å². The Morgan fingerprint density at radius 3 is 2.87 bits per heavy atom. The summed E-state index contributed by atoms with van der Waals surface area (Å²) in [6.07, 6.45) is 3.49. The standard InChI is InChI=1S/C21H19N3O6/c1-3-5-14-8-13(9-18(20(14)25)29-4-2)12-22-23-21(26)19-11-15-10-16(24(27)28)6-7-17(15)30-19/h3,6-12,25H,1,4-5H2,2H3,(H,23,26)/b22-12+. The minimum Gasteiger partial charge on any atom is -0.504 e. The lowest BCUT2D eigenvalue weighted by molar-refractivity contribution is -0.384. The molecule has 30 heavy (non-hydrogen) atoms. The van der Waals surface area contributed by atoms with Crippen LogP contribution in [0.15, 0.2) is 58.6 Å². The number of phenolic OH excluding ortho intramolecular Hbond substituents is 1. The quantitative estimate of drug-likeness (QED) is 0.251. The summed E-state index contributed by atoms with van der Waals surface area (Å²) in [5.74, 6) is -0.297. The molecule has 0 bridgehead atoms. The first-order chi connectivity index (χ1) is 14.4.